The molecule has 0 fully saturated rings. The lowest BCUT2D eigenvalue weighted by molar-refractivity contribution is -0.137. The summed E-state index contributed by atoms with van der Waals surface area (Å²) in [6.07, 6.45) is -1.09. The number of carbonyl (C=O) groups excluding carboxylic acids is 1. The van der Waals surface area contributed by atoms with Gasteiger partial charge in [-0.15, -0.1) is 0 Å². The molecule has 0 aromatic heterocycles. The van der Waals surface area contributed by atoms with Gasteiger partial charge in [0.15, 0.2) is 0 Å². The van der Waals surface area contributed by atoms with E-state index in [1.165, 1.54) is 18.6 Å². The molecule has 0 N–H and O–H groups in total. The van der Waals surface area contributed by atoms with Gasteiger partial charge >= 0.3 is 12.6 Å². The smallest absolute Gasteiger partial charge is 0.417 e. The predicted octanol–water partition coefficient (Wildman–Crippen LogP) is 3.50. The van der Waals surface area contributed by atoms with Crippen LogP contribution in [0.2, 0.25) is 0 Å². The van der Waals surface area contributed by atoms with E-state index < -0.39 is 11.7 Å². The third-order valence-electron chi connectivity index (χ3n) is 2.55. The largest absolute Gasteiger partial charge is 0.457 e. The van der Waals surface area contributed by atoms with Crippen molar-refractivity contribution in [1.82, 2.24) is 0 Å². The van der Waals surface area contributed by atoms with Gasteiger partial charge in [-0.2, -0.15) is 13.2 Å². The van der Waals surface area contributed by atoms with Gasteiger partial charge in [0, 0.05) is 0 Å². The molecule has 1 aromatic rings. The zero-order chi connectivity index (χ0) is 13.4. The third kappa shape index (κ3) is 5.21. The molecular weight excluding hydrogens is 245 g/mol. The number of rotatable bonds is 7. The maximum atomic E-state index is 12.3. The highest BCUT2D eigenvalue weighted by molar-refractivity contribution is 5.37. The minimum absolute atomic E-state index is 0.344. The lowest BCUT2D eigenvalue weighted by atomic mass is 10.1. The lowest BCUT2D eigenvalue weighted by Crippen LogP contribution is -2.04. The zero-order valence-electron chi connectivity index (χ0n) is 9.80. The van der Waals surface area contributed by atoms with Crippen LogP contribution in [0.4, 0.5) is 13.2 Å². The Balaban J connectivity index is 2.29. The molecule has 0 saturated heterocycles. The molecule has 0 spiro atoms. The van der Waals surface area contributed by atoms with E-state index in [0.717, 1.165) is 43.4 Å². The van der Waals surface area contributed by atoms with Crippen LogP contribution in [0.5, 0.6) is 0 Å². The van der Waals surface area contributed by atoms with E-state index in [0.29, 0.717) is 6.61 Å². The molecule has 99 valence electrons. The van der Waals surface area contributed by atoms with Gasteiger partial charge in [0.1, 0.15) is 0 Å². The van der Waals surface area contributed by atoms with Crippen LogP contribution in [0.1, 0.15) is 30.4 Å². The highest BCUT2D eigenvalue weighted by Gasteiger charge is 2.29. The van der Waals surface area contributed by atoms with Crippen molar-refractivity contribution < 1.29 is 22.7 Å². The number of hydrogen-bond donors (Lipinski definition) is 0. The topological polar surface area (TPSA) is 26.3 Å². The van der Waals surface area contributed by atoms with Crippen LogP contribution in [0.15, 0.2) is 24.3 Å². The number of halogens is 3. The molecule has 1 rings (SSSR count). The summed E-state index contributed by atoms with van der Waals surface area (Å²) < 4.78 is 41.3. The number of aryl methyl sites for hydroxylation is 1. The minimum Gasteiger partial charge on any atom is -0.457 e. The SMILES string of the molecule is O=[C]OCCCCCc1ccc(C(F)(F)F)cc1. The number of benzene rings is 1. The van der Waals surface area contributed by atoms with E-state index in [4.69, 9.17) is 0 Å². The van der Waals surface area contributed by atoms with Crippen molar-refractivity contribution in [3.05, 3.63) is 35.4 Å². The summed E-state index contributed by atoms with van der Waals surface area (Å²) in [5, 5.41) is 0. The second-order valence-corrected chi connectivity index (χ2v) is 3.94. The van der Waals surface area contributed by atoms with Crippen LogP contribution in [-0.4, -0.2) is 13.1 Å². The Labute approximate surface area is 104 Å². The van der Waals surface area contributed by atoms with Crippen molar-refractivity contribution in [2.45, 2.75) is 31.9 Å². The molecule has 0 aliphatic rings. The Kier molecular flexibility index (Phi) is 5.68. The van der Waals surface area contributed by atoms with Crippen molar-refractivity contribution >= 4 is 6.47 Å². The first kappa shape index (κ1) is 14.5. The van der Waals surface area contributed by atoms with E-state index in [-0.39, 0.29) is 0 Å². The summed E-state index contributed by atoms with van der Waals surface area (Å²) in [4.78, 5) is 9.73. The van der Waals surface area contributed by atoms with Gasteiger partial charge < -0.3 is 4.74 Å². The Morgan fingerprint density at radius 3 is 2.28 bits per heavy atom. The standard InChI is InChI=1S/C13H14F3O2/c14-13(15,16)12-7-5-11(6-8-12)4-2-1-3-9-18-10-17/h5-8H,1-4,9H2. The van der Waals surface area contributed by atoms with E-state index >= 15 is 0 Å². The summed E-state index contributed by atoms with van der Waals surface area (Å²) in [6.45, 7) is 1.68. The molecule has 0 saturated carbocycles. The quantitative estimate of drug-likeness (QED) is 0.700. The maximum absolute atomic E-state index is 12.3. The zero-order valence-corrected chi connectivity index (χ0v) is 9.80. The van der Waals surface area contributed by atoms with E-state index in [1.54, 1.807) is 0 Å². The monoisotopic (exact) mass is 259 g/mol. The number of alkyl halides is 3. The van der Waals surface area contributed by atoms with Gasteiger partial charge in [0.05, 0.1) is 12.2 Å². The van der Waals surface area contributed by atoms with Gasteiger partial charge in [0.2, 0.25) is 0 Å². The fraction of sp³-hybridized carbons (Fsp3) is 0.462. The molecule has 0 aliphatic heterocycles. The van der Waals surface area contributed by atoms with Crippen LogP contribution in [0.3, 0.4) is 0 Å². The van der Waals surface area contributed by atoms with Gasteiger partial charge in [-0.25, -0.2) is 4.79 Å². The Hall–Kier alpha value is -1.52. The first-order chi connectivity index (χ1) is 8.54. The molecule has 0 heterocycles. The highest BCUT2D eigenvalue weighted by Crippen LogP contribution is 2.29. The molecule has 0 amide bonds. The average Bonchev–Trinajstić information content (AvgIpc) is 2.33. The Morgan fingerprint density at radius 2 is 1.72 bits per heavy atom. The van der Waals surface area contributed by atoms with Gasteiger partial charge in [0.25, 0.3) is 0 Å². The number of hydrogen-bond acceptors (Lipinski definition) is 2. The predicted molar refractivity (Wildman–Crippen MR) is 60.6 cm³/mol. The number of unbranched alkanes of at least 4 members (excludes halogenated alkanes) is 2. The molecule has 0 bridgehead atoms. The molecule has 5 heteroatoms. The van der Waals surface area contributed by atoms with Crippen molar-refractivity contribution in [2.75, 3.05) is 6.61 Å². The highest BCUT2D eigenvalue weighted by atomic mass is 19.4. The molecule has 0 aliphatic carbocycles. The summed E-state index contributed by atoms with van der Waals surface area (Å²) in [5.74, 6) is 0. The first-order valence-electron chi connectivity index (χ1n) is 5.69. The van der Waals surface area contributed by atoms with Gasteiger partial charge in [-0.05, 0) is 43.4 Å². The van der Waals surface area contributed by atoms with Crippen molar-refractivity contribution in [1.29, 1.82) is 0 Å². The average molecular weight is 259 g/mol. The first-order valence-corrected chi connectivity index (χ1v) is 5.69. The van der Waals surface area contributed by atoms with Crippen LogP contribution in [0, 0.1) is 0 Å². The second-order valence-electron chi connectivity index (χ2n) is 3.94. The number of ether oxygens (including phenoxy) is 1. The Morgan fingerprint density at radius 1 is 1.06 bits per heavy atom. The lowest BCUT2D eigenvalue weighted by Gasteiger charge is -2.07. The van der Waals surface area contributed by atoms with Crippen LogP contribution >= 0.6 is 0 Å². The van der Waals surface area contributed by atoms with Crippen molar-refractivity contribution in [3.8, 4) is 0 Å². The van der Waals surface area contributed by atoms with Crippen molar-refractivity contribution in [2.24, 2.45) is 0 Å². The normalized spacial score (nSPS) is 11.3. The summed E-state index contributed by atoms with van der Waals surface area (Å²) in [5.41, 5.74) is 0.257. The molecule has 1 aromatic carbocycles. The molecule has 18 heavy (non-hydrogen) atoms. The second kappa shape index (κ2) is 7.03. The maximum Gasteiger partial charge on any atom is 0.417 e. The molecule has 0 atom stereocenters. The fourth-order valence-electron chi connectivity index (χ4n) is 1.58. The molecule has 1 radical (unpaired) electrons. The molecular formula is C13H14F3O2. The van der Waals surface area contributed by atoms with Gasteiger partial charge in [-0.3, -0.25) is 0 Å². The van der Waals surface area contributed by atoms with Crippen LogP contribution in [0.25, 0.3) is 0 Å². The Bertz CT molecular complexity index is 357. The van der Waals surface area contributed by atoms with Crippen LogP contribution in [-0.2, 0) is 22.1 Å². The minimum atomic E-state index is -4.28. The van der Waals surface area contributed by atoms with E-state index in [1.807, 2.05) is 0 Å². The van der Waals surface area contributed by atoms with Crippen molar-refractivity contribution in [3.63, 3.8) is 0 Å². The van der Waals surface area contributed by atoms with E-state index in [9.17, 15) is 18.0 Å². The van der Waals surface area contributed by atoms with Gasteiger partial charge in [-0.1, -0.05) is 12.1 Å². The third-order valence-corrected chi connectivity index (χ3v) is 2.55. The summed E-state index contributed by atoms with van der Waals surface area (Å²) in [6, 6.07) is 5.19. The van der Waals surface area contributed by atoms with E-state index in [2.05, 4.69) is 4.74 Å². The molecule has 0 unspecified atom stereocenters. The molecule has 2 nitrogen and oxygen atoms in total. The van der Waals surface area contributed by atoms with Crippen LogP contribution < -0.4 is 0 Å². The fourth-order valence-corrected chi connectivity index (χ4v) is 1.58. The summed E-state index contributed by atoms with van der Waals surface area (Å²) >= 11 is 0. The summed E-state index contributed by atoms with van der Waals surface area (Å²) in [7, 11) is 0.